The molecule has 1 aromatic rings. The number of hydrogen-bond acceptors (Lipinski definition) is 4. The van der Waals surface area contributed by atoms with E-state index in [1.54, 1.807) is 10.6 Å². The number of H-pyrrole nitrogens is 1. The van der Waals surface area contributed by atoms with Crippen molar-refractivity contribution in [1.82, 2.24) is 19.2 Å². The van der Waals surface area contributed by atoms with Crippen molar-refractivity contribution in [3.8, 4) is 0 Å². The average molecular weight is 355 g/mol. The minimum Gasteiger partial charge on any atom is -0.348 e. The standard InChI is InChI=1S/C17H30N4O2S/c1-3-4-5-6-10-20-12-8-17(9-13-20)16-15(18-14-19-16)7-11-21(17)24(2,22)23/h14H,3-13H2,1-2H3,(H,18,19). The number of piperidine rings is 1. The van der Waals surface area contributed by atoms with Crippen molar-refractivity contribution in [2.24, 2.45) is 0 Å². The van der Waals surface area contributed by atoms with E-state index in [1.165, 1.54) is 31.9 Å². The largest absolute Gasteiger partial charge is 0.348 e. The molecule has 0 unspecified atom stereocenters. The van der Waals surface area contributed by atoms with E-state index in [0.29, 0.717) is 6.54 Å². The number of rotatable bonds is 6. The Hall–Kier alpha value is -0.920. The lowest BCUT2D eigenvalue weighted by molar-refractivity contribution is 0.0630. The molecule has 1 N–H and O–H groups in total. The lowest BCUT2D eigenvalue weighted by atomic mass is 9.80. The highest BCUT2D eigenvalue weighted by Crippen LogP contribution is 2.43. The van der Waals surface area contributed by atoms with Crippen molar-refractivity contribution in [2.75, 3.05) is 32.4 Å². The van der Waals surface area contributed by atoms with Gasteiger partial charge < -0.3 is 9.88 Å². The SMILES string of the molecule is CCCCCCN1CCC2(CC1)c1nc[nH]c1CCN2S(C)(=O)=O. The zero-order valence-electron chi connectivity index (χ0n) is 14.9. The van der Waals surface area contributed by atoms with E-state index < -0.39 is 15.6 Å². The first kappa shape index (κ1) is 17.9. The van der Waals surface area contributed by atoms with Gasteiger partial charge in [0.1, 0.15) is 0 Å². The fourth-order valence-corrected chi connectivity index (χ4v) is 5.66. The average Bonchev–Trinajstić information content (AvgIpc) is 3.02. The molecule has 0 bridgehead atoms. The summed E-state index contributed by atoms with van der Waals surface area (Å²) >= 11 is 0. The molecule has 0 atom stereocenters. The molecule has 24 heavy (non-hydrogen) atoms. The van der Waals surface area contributed by atoms with Crippen LogP contribution in [0.15, 0.2) is 6.33 Å². The van der Waals surface area contributed by atoms with Crippen molar-refractivity contribution in [1.29, 1.82) is 0 Å². The summed E-state index contributed by atoms with van der Waals surface area (Å²) in [5, 5.41) is 0. The van der Waals surface area contributed by atoms with Crippen molar-refractivity contribution in [3.05, 3.63) is 17.7 Å². The van der Waals surface area contributed by atoms with E-state index in [4.69, 9.17) is 0 Å². The summed E-state index contributed by atoms with van der Waals surface area (Å²) in [7, 11) is -3.24. The molecule has 7 heteroatoms. The molecule has 3 rings (SSSR count). The highest BCUT2D eigenvalue weighted by molar-refractivity contribution is 7.88. The van der Waals surface area contributed by atoms with Crippen molar-refractivity contribution in [2.45, 2.75) is 57.4 Å². The van der Waals surface area contributed by atoms with Gasteiger partial charge in [0.15, 0.2) is 0 Å². The third kappa shape index (κ3) is 3.39. The number of unbranched alkanes of at least 4 members (excludes halogenated alkanes) is 3. The Kier molecular flexibility index (Phi) is 5.32. The van der Waals surface area contributed by atoms with E-state index in [-0.39, 0.29) is 0 Å². The van der Waals surface area contributed by atoms with Crippen LogP contribution in [-0.2, 0) is 22.0 Å². The molecule has 1 aromatic heterocycles. The van der Waals surface area contributed by atoms with Crippen LogP contribution in [0.4, 0.5) is 0 Å². The minimum absolute atomic E-state index is 0.443. The first-order valence-corrected chi connectivity index (χ1v) is 11.0. The summed E-state index contributed by atoms with van der Waals surface area (Å²) in [5.74, 6) is 0. The molecule has 0 aliphatic carbocycles. The number of nitrogens with one attached hydrogen (secondary N) is 1. The van der Waals surface area contributed by atoms with Crippen LogP contribution < -0.4 is 0 Å². The number of sulfonamides is 1. The molecule has 1 saturated heterocycles. The van der Waals surface area contributed by atoms with E-state index in [9.17, 15) is 8.42 Å². The summed E-state index contributed by atoms with van der Waals surface area (Å²) in [6.45, 7) is 5.82. The Balaban J connectivity index is 1.74. The van der Waals surface area contributed by atoms with Gasteiger partial charge in [-0.1, -0.05) is 26.2 Å². The Labute approximate surface area is 145 Å². The van der Waals surface area contributed by atoms with Crippen LogP contribution in [-0.4, -0.2) is 60.0 Å². The third-order valence-corrected chi connectivity index (χ3v) is 6.95. The van der Waals surface area contributed by atoms with Gasteiger partial charge in [-0.05, 0) is 25.8 Å². The fourth-order valence-electron chi connectivity index (χ4n) is 4.34. The van der Waals surface area contributed by atoms with E-state index >= 15 is 0 Å². The van der Waals surface area contributed by atoms with Gasteiger partial charge in [-0.3, -0.25) is 0 Å². The molecule has 1 fully saturated rings. The molecular formula is C17H30N4O2S. The number of imidazole rings is 1. The van der Waals surface area contributed by atoms with Crippen molar-refractivity contribution < 1.29 is 8.42 Å². The normalized spacial score (nSPS) is 21.9. The van der Waals surface area contributed by atoms with Crippen LogP contribution in [0, 0.1) is 0 Å². The number of fused-ring (bicyclic) bond motifs is 2. The summed E-state index contributed by atoms with van der Waals surface area (Å²) in [4.78, 5) is 10.2. The Morgan fingerprint density at radius 2 is 1.96 bits per heavy atom. The molecule has 3 heterocycles. The van der Waals surface area contributed by atoms with Crippen LogP contribution in [0.5, 0.6) is 0 Å². The molecule has 0 amide bonds. The first-order chi connectivity index (χ1) is 11.5. The molecule has 2 aliphatic heterocycles. The maximum absolute atomic E-state index is 12.4. The van der Waals surface area contributed by atoms with Gasteiger partial charge >= 0.3 is 0 Å². The second kappa shape index (κ2) is 7.14. The molecule has 0 radical (unpaired) electrons. The van der Waals surface area contributed by atoms with E-state index in [1.807, 2.05) is 0 Å². The van der Waals surface area contributed by atoms with E-state index in [0.717, 1.165) is 50.3 Å². The Morgan fingerprint density at radius 3 is 2.62 bits per heavy atom. The number of likely N-dealkylation sites (tertiary alicyclic amines) is 1. The van der Waals surface area contributed by atoms with Gasteiger partial charge in [-0.25, -0.2) is 13.4 Å². The predicted molar refractivity (Wildman–Crippen MR) is 95.3 cm³/mol. The number of hydrogen-bond donors (Lipinski definition) is 1. The lowest BCUT2D eigenvalue weighted by Gasteiger charge is -2.49. The maximum atomic E-state index is 12.4. The molecule has 2 aliphatic rings. The predicted octanol–water partition coefficient (Wildman–Crippen LogP) is 2.10. The van der Waals surface area contributed by atoms with Crippen LogP contribution in [0.25, 0.3) is 0 Å². The first-order valence-electron chi connectivity index (χ1n) is 9.20. The topological polar surface area (TPSA) is 69.3 Å². The van der Waals surface area contributed by atoms with Gasteiger partial charge in [-0.15, -0.1) is 0 Å². The summed E-state index contributed by atoms with van der Waals surface area (Å²) in [6.07, 6.45) is 10.5. The van der Waals surface area contributed by atoms with Crippen LogP contribution >= 0.6 is 0 Å². The maximum Gasteiger partial charge on any atom is 0.212 e. The smallest absolute Gasteiger partial charge is 0.212 e. The second-order valence-electron chi connectivity index (χ2n) is 7.25. The summed E-state index contributed by atoms with van der Waals surface area (Å²) < 4.78 is 26.5. The number of aromatic nitrogens is 2. The molecular weight excluding hydrogens is 324 g/mol. The Morgan fingerprint density at radius 1 is 1.21 bits per heavy atom. The monoisotopic (exact) mass is 354 g/mol. The highest BCUT2D eigenvalue weighted by Gasteiger charge is 2.50. The van der Waals surface area contributed by atoms with Gasteiger partial charge in [0.05, 0.1) is 23.8 Å². The zero-order valence-corrected chi connectivity index (χ0v) is 15.7. The second-order valence-corrected chi connectivity index (χ2v) is 9.16. The molecule has 0 aromatic carbocycles. The van der Waals surface area contributed by atoms with Crippen LogP contribution in [0.2, 0.25) is 0 Å². The van der Waals surface area contributed by atoms with Crippen molar-refractivity contribution >= 4 is 10.0 Å². The van der Waals surface area contributed by atoms with Gasteiger partial charge in [-0.2, -0.15) is 4.31 Å². The summed E-state index contributed by atoms with van der Waals surface area (Å²) in [5.41, 5.74) is 1.64. The molecule has 136 valence electrons. The Bertz CT molecular complexity index is 647. The molecule has 0 saturated carbocycles. The van der Waals surface area contributed by atoms with Gasteiger partial charge in [0.25, 0.3) is 0 Å². The van der Waals surface area contributed by atoms with Gasteiger partial charge in [0, 0.05) is 31.7 Å². The lowest BCUT2D eigenvalue weighted by Crippen LogP contribution is -2.58. The quantitative estimate of drug-likeness (QED) is 0.794. The number of nitrogens with zero attached hydrogens (tertiary/aromatic N) is 3. The molecule has 1 spiro atoms. The van der Waals surface area contributed by atoms with Crippen molar-refractivity contribution in [3.63, 3.8) is 0 Å². The van der Waals surface area contributed by atoms with Gasteiger partial charge in [0.2, 0.25) is 10.0 Å². The number of aromatic amines is 1. The minimum atomic E-state index is -3.24. The zero-order chi connectivity index (χ0) is 17.2. The van der Waals surface area contributed by atoms with Crippen LogP contribution in [0.1, 0.15) is 56.8 Å². The van der Waals surface area contributed by atoms with Crippen LogP contribution in [0.3, 0.4) is 0 Å². The summed E-state index contributed by atoms with van der Waals surface area (Å²) in [6, 6.07) is 0. The fraction of sp³-hybridized carbons (Fsp3) is 0.824. The highest BCUT2D eigenvalue weighted by atomic mass is 32.2. The third-order valence-electron chi connectivity index (χ3n) is 5.61. The van der Waals surface area contributed by atoms with E-state index in [2.05, 4.69) is 21.8 Å². The molecule has 6 nitrogen and oxygen atoms in total.